The number of quaternary nitrogens is 1. The second-order valence-electron chi connectivity index (χ2n) is 7.90. The molecule has 1 heterocycles. The number of nitrogens with zero attached hydrogens (tertiary/aromatic N) is 3. The van der Waals surface area contributed by atoms with Gasteiger partial charge in [-0.3, -0.25) is 25.0 Å². The minimum absolute atomic E-state index is 0.00820. The summed E-state index contributed by atoms with van der Waals surface area (Å²) in [6.45, 7) is 3.88. The lowest BCUT2D eigenvalue weighted by Gasteiger charge is -2.25. The normalized spacial score (nSPS) is 22.0. The van der Waals surface area contributed by atoms with E-state index in [1.807, 2.05) is 0 Å². The van der Waals surface area contributed by atoms with Gasteiger partial charge < -0.3 is 10.6 Å². The van der Waals surface area contributed by atoms with Gasteiger partial charge in [0.1, 0.15) is 5.54 Å². The molecule has 0 spiro atoms. The number of amides is 4. The highest BCUT2D eigenvalue weighted by molar-refractivity contribution is 6.03. The van der Waals surface area contributed by atoms with E-state index in [1.54, 1.807) is 0 Å². The summed E-state index contributed by atoms with van der Waals surface area (Å²) < 4.78 is 0.00637. The average molecular weight is 408 g/mol. The molecule has 1 aromatic carbocycles. The first-order valence-corrected chi connectivity index (χ1v) is 8.75. The Labute approximate surface area is 166 Å². The second-order valence-corrected chi connectivity index (χ2v) is 7.90. The molecule has 1 aromatic rings. The van der Waals surface area contributed by atoms with Gasteiger partial charge in [-0.05, 0) is 19.9 Å². The van der Waals surface area contributed by atoms with E-state index in [2.05, 4.69) is 16.0 Å². The lowest BCUT2D eigenvalue weighted by molar-refractivity contribution is -0.909. The highest BCUT2D eigenvalue weighted by atomic mass is 16.6. The molecule has 4 amide bonds. The van der Waals surface area contributed by atoms with Crippen LogP contribution in [0.25, 0.3) is 0 Å². The van der Waals surface area contributed by atoms with Crippen molar-refractivity contribution in [2.45, 2.75) is 32.4 Å². The topological polar surface area (TPSA) is 151 Å². The maximum Gasteiger partial charge on any atom is 0.425 e. The van der Waals surface area contributed by atoms with Crippen molar-refractivity contribution in [2.24, 2.45) is 0 Å². The van der Waals surface area contributed by atoms with Crippen LogP contribution < -0.4 is 16.0 Å². The van der Waals surface area contributed by atoms with Crippen molar-refractivity contribution in [1.82, 2.24) is 5.32 Å². The van der Waals surface area contributed by atoms with Gasteiger partial charge >= 0.3 is 12.7 Å². The van der Waals surface area contributed by atoms with E-state index < -0.39 is 38.8 Å². The summed E-state index contributed by atoms with van der Waals surface area (Å²) in [4.78, 5) is 60.8. The van der Waals surface area contributed by atoms with Gasteiger partial charge in [0.25, 0.3) is 17.6 Å². The van der Waals surface area contributed by atoms with Crippen molar-refractivity contribution in [3.05, 3.63) is 33.2 Å². The van der Waals surface area contributed by atoms with Gasteiger partial charge in [-0.1, -0.05) is 0 Å². The largest absolute Gasteiger partial charge is 0.425 e. The molecule has 0 bridgehead atoms. The molecule has 3 N–H and O–H groups in total. The number of carbonyl (C=O) groups excluding carboxylic acids is 3. The number of nitrogens with one attached hydrogen (secondary N) is 3. The van der Waals surface area contributed by atoms with Gasteiger partial charge in [-0.2, -0.15) is 4.48 Å². The molecule has 0 fully saturated rings. The summed E-state index contributed by atoms with van der Waals surface area (Å²) >= 11 is 0. The summed E-state index contributed by atoms with van der Waals surface area (Å²) in [5.41, 5.74) is -1.62. The van der Waals surface area contributed by atoms with Crippen LogP contribution in [0.2, 0.25) is 0 Å². The maximum atomic E-state index is 12.7. The minimum atomic E-state index is -1.43. The van der Waals surface area contributed by atoms with Gasteiger partial charge in [0, 0.05) is 24.0 Å². The molecule has 1 aliphatic heterocycles. The van der Waals surface area contributed by atoms with Crippen molar-refractivity contribution in [3.63, 3.8) is 0 Å². The number of rotatable bonds is 1. The van der Waals surface area contributed by atoms with Crippen molar-refractivity contribution < 1.29 is 28.5 Å². The number of anilines is 2. The van der Waals surface area contributed by atoms with Crippen LogP contribution in [0.3, 0.4) is 0 Å². The molecule has 156 valence electrons. The number of nitro groups is 1. The highest BCUT2D eigenvalue weighted by Crippen LogP contribution is 2.29. The van der Waals surface area contributed by atoms with E-state index in [-0.39, 0.29) is 23.7 Å². The zero-order valence-electron chi connectivity index (χ0n) is 16.8. The van der Waals surface area contributed by atoms with Crippen LogP contribution in [0.4, 0.5) is 21.9 Å². The molecule has 2 rings (SSSR count). The molecule has 0 aromatic heterocycles. The number of nitro benzene ring substituents is 1. The average Bonchev–Trinajstić information content (AvgIpc) is 2.60. The molecular weight excluding hydrogens is 384 g/mol. The fraction of sp³-hybridized carbons (Fsp3) is 0.471. The van der Waals surface area contributed by atoms with E-state index in [0.29, 0.717) is 4.76 Å². The van der Waals surface area contributed by atoms with Crippen molar-refractivity contribution in [3.8, 4) is 0 Å². The van der Waals surface area contributed by atoms with Crippen LogP contribution in [0.1, 0.15) is 20.8 Å². The minimum Gasteiger partial charge on any atom is -0.336 e. The molecule has 29 heavy (non-hydrogen) atoms. The predicted octanol–water partition coefficient (Wildman–Crippen LogP) is 1.17. The van der Waals surface area contributed by atoms with Crippen molar-refractivity contribution >= 4 is 34.9 Å². The molecule has 1 atom stereocenters. The summed E-state index contributed by atoms with van der Waals surface area (Å²) in [5, 5.41) is 18.7. The Morgan fingerprint density at radius 2 is 1.79 bits per heavy atom. The van der Waals surface area contributed by atoms with Crippen LogP contribution in [0.5, 0.6) is 0 Å². The van der Waals surface area contributed by atoms with Gasteiger partial charge in [0.2, 0.25) is 5.91 Å². The lowest BCUT2D eigenvalue weighted by atomic mass is 10.0. The van der Waals surface area contributed by atoms with Crippen molar-refractivity contribution in [1.29, 1.82) is 0 Å². The Balaban J connectivity index is 2.58. The van der Waals surface area contributed by atoms with E-state index in [4.69, 9.17) is 0 Å². The molecule has 0 saturated heterocycles. The summed E-state index contributed by atoms with van der Waals surface area (Å²) in [6, 6.07) is 1.80. The number of non-ortho nitro benzene ring substituents is 1. The van der Waals surface area contributed by atoms with Gasteiger partial charge in [-0.25, -0.2) is 4.79 Å². The first kappa shape index (κ1) is 21.9. The van der Waals surface area contributed by atoms with Crippen LogP contribution >= 0.6 is 0 Å². The standard InChI is InChI=1S/C17H22N6O6/c1-10-14(24)20-17(2,3)15(25)18-13-8-11(22(28)29)6-7-12(13)19-16(26)23(4,5)9-21(10)27/h6-8,10H,9H2,1-5H3,(H-2,18,19,20,24,25,26)/p+2. The third kappa shape index (κ3) is 4.71. The number of urea groups is 1. The molecule has 12 nitrogen and oxygen atoms in total. The fourth-order valence-corrected chi connectivity index (χ4v) is 2.54. The Morgan fingerprint density at radius 3 is 2.38 bits per heavy atom. The zero-order chi connectivity index (χ0) is 22.1. The second kappa shape index (κ2) is 7.54. The fourth-order valence-electron chi connectivity index (χ4n) is 2.54. The molecule has 0 radical (unpaired) electrons. The third-order valence-corrected chi connectivity index (χ3v) is 4.56. The highest BCUT2D eigenvalue weighted by Gasteiger charge is 2.42. The Morgan fingerprint density at radius 1 is 1.17 bits per heavy atom. The van der Waals surface area contributed by atoms with E-state index in [9.17, 15) is 29.4 Å². The van der Waals surface area contributed by atoms with Crippen LogP contribution in [-0.4, -0.2) is 64.4 Å². The monoisotopic (exact) mass is 408 g/mol. The van der Waals surface area contributed by atoms with Crippen LogP contribution in [0, 0.1) is 15.0 Å². The summed E-state index contributed by atoms with van der Waals surface area (Å²) in [6.07, 6.45) is 0. The van der Waals surface area contributed by atoms with Gasteiger partial charge in [0.05, 0.1) is 35.2 Å². The Hall–Kier alpha value is -3.41. The van der Waals surface area contributed by atoms with E-state index in [1.165, 1.54) is 47.0 Å². The molecule has 12 heteroatoms. The number of nitroso groups, excluding NO2 is 1. The van der Waals surface area contributed by atoms with Gasteiger partial charge in [-0.15, -0.1) is 0 Å². The Kier molecular flexibility index (Phi) is 5.69. The molecular formula is C17H24N6O6+2. The molecule has 0 aliphatic carbocycles. The third-order valence-electron chi connectivity index (χ3n) is 4.56. The number of fused-ring (bicyclic) bond motifs is 1. The molecule has 0 saturated carbocycles. The maximum absolute atomic E-state index is 12.7. The lowest BCUT2D eigenvalue weighted by Crippen LogP contribution is -2.58. The number of carbonyl (C=O) groups is 3. The zero-order valence-corrected chi connectivity index (χ0v) is 16.8. The SMILES string of the molecule is CC1C(=O)NC(C)(C)C(=O)Nc2cc([N+](=O)[O-])ccc2NC(=O)[N+](C)(C)C[N+]1=O. The predicted molar refractivity (Wildman–Crippen MR) is 103 cm³/mol. The summed E-state index contributed by atoms with van der Waals surface area (Å²) in [5.74, 6) is -1.38. The first-order valence-electron chi connectivity index (χ1n) is 8.75. The van der Waals surface area contributed by atoms with Crippen LogP contribution in [-0.2, 0) is 9.59 Å². The number of benzene rings is 1. The van der Waals surface area contributed by atoms with E-state index >= 15 is 0 Å². The van der Waals surface area contributed by atoms with E-state index in [0.717, 1.165) is 6.07 Å². The van der Waals surface area contributed by atoms with Crippen molar-refractivity contribution in [2.75, 3.05) is 31.4 Å². The van der Waals surface area contributed by atoms with Gasteiger partial charge in [0.15, 0.2) is 0 Å². The Bertz CT molecular complexity index is 910. The molecule has 1 aliphatic rings. The smallest absolute Gasteiger partial charge is 0.336 e. The quantitative estimate of drug-likeness (QED) is 0.275. The molecule has 1 unspecified atom stereocenters. The summed E-state index contributed by atoms with van der Waals surface area (Å²) in [7, 11) is 2.94. The van der Waals surface area contributed by atoms with Crippen LogP contribution in [0.15, 0.2) is 18.2 Å². The number of hydrogen-bond acceptors (Lipinski definition) is 6. The first-order chi connectivity index (χ1) is 13.2. The number of hydrogen-bond donors (Lipinski definition) is 3.